The Labute approximate surface area is 159 Å². The maximum Gasteiger partial charge on any atom is 0.243 e. The molecule has 1 heterocycles. The standard InChI is InChI=1S/C20H23NO3S2/c1-16-9-11-18(12-10-16)26(23,24)21-14-5-8-19(21)20(22)25-15-13-17-6-3-2-4-7-17/h2-4,6-7,9-12,19H,5,8,13-15H2,1H3. The molecule has 2 aromatic carbocycles. The van der Waals surface area contributed by atoms with Crippen LogP contribution in [0, 0.1) is 6.92 Å². The largest absolute Gasteiger partial charge is 0.285 e. The molecule has 1 unspecified atom stereocenters. The van der Waals surface area contributed by atoms with Gasteiger partial charge in [-0.1, -0.05) is 59.8 Å². The molecular weight excluding hydrogens is 366 g/mol. The first-order valence-corrected chi connectivity index (χ1v) is 11.2. The molecule has 26 heavy (non-hydrogen) atoms. The lowest BCUT2D eigenvalue weighted by Gasteiger charge is -2.22. The number of rotatable bonds is 6. The summed E-state index contributed by atoms with van der Waals surface area (Å²) >= 11 is 1.24. The van der Waals surface area contributed by atoms with Gasteiger partial charge in [0.05, 0.1) is 10.9 Å². The summed E-state index contributed by atoms with van der Waals surface area (Å²) in [6.07, 6.45) is 2.12. The fraction of sp³-hybridized carbons (Fsp3) is 0.350. The fourth-order valence-electron chi connectivity index (χ4n) is 3.12. The number of hydrogen-bond acceptors (Lipinski definition) is 4. The lowest BCUT2D eigenvalue weighted by molar-refractivity contribution is -0.113. The molecule has 1 saturated heterocycles. The summed E-state index contributed by atoms with van der Waals surface area (Å²) in [5.41, 5.74) is 2.19. The monoisotopic (exact) mass is 389 g/mol. The van der Waals surface area contributed by atoms with Gasteiger partial charge >= 0.3 is 0 Å². The number of nitrogens with zero attached hydrogens (tertiary/aromatic N) is 1. The number of carbonyl (C=O) groups is 1. The summed E-state index contributed by atoms with van der Waals surface area (Å²) in [5.74, 6) is 0.664. The van der Waals surface area contributed by atoms with Crippen LogP contribution in [0.25, 0.3) is 0 Å². The Balaban J connectivity index is 1.65. The number of sulfonamides is 1. The second kappa shape index (κ2) is 8.37. The molecule has 1 aliphatic heterocycles. The van der Waals surface area contributed by atoms with E-state index < -0.39 is 16.1 Å². The van der Waals surface area contributed by atoms with Crippen LogP contribution >= 0.6 is 11.8 Å². The van der Waals surface area contributed by atoms with Crippen molar-refractivity contribution in [2.45, 2.75) is 37.1 Å². The molecule has 6 heteroatoms. The van der Waals surface area contributed by atoms with Gasteiger partial charge in [0.2, 0.25) is 15.1 Å². The highest BCUT2D eigenvalue weighted by Gasteiger charge is 2.39. The summed E-state index contributed by atoms with van der Waals surface area (Å²) in [6, 6.07) is 16.3. The molecule has 0 aromatic heterocycles. The van der Waals surface area contributed by atoms with E-state index in [4.69, 9.17) is 0 Å². The van der Waals surface area contributed by atoms with E-state index in [9.17, 15) is 13.2 Å². The molecule has 0 spiro atoms. The molecule has 0 bridgehead atoms. The van der Waals surface area contributed by atoms with Crippen LogP contribution in [0.1, 0.15) is 24.0 Å². The molecule has 138 valence electrons. The highest BCUT2D eigenvalue weighted by atomic mass is 32.2. The van der Waals surface area contributed by atoms with Crippen LogP contribution < -0.4 is 0 Å². The summed E-state index contributed by atoms with van der Waals surface area (Å²) in [6.45, 7) is 2.33. The van der Waals surface area contributed by atoms with Crippen molar-refractivity contribution in [3.05, 3.63) is 65.7 Å². The minimum Gasteiger partial charge on any atom is -0.285 e. The van der Waals surface area contributed by atoms with Gasteiger partial charge in [0.25, 0.3) is 0 Å². The Morgan fingerprint density at radius 3 is 2.50 bits per heavy atom. The topological polar surface area (TPSA) is 54.5 Å². The molecule has 0 N–H and O–H groups in total. The smallest absolute Gasteiger partial charge is 0.243 e. The molecule has 2 aromatic rings. The summed E-state index contributed by atoms with van der Waals surface area (Å²) in [4.78, 5) is 12.9. The van der Waals surface area contributed by atoms with Crippen molar-refractivity contribution < 1.29 is 13.2 Å². The molecule has 3 rings (SSSR count). The van der Waals surface area contributed by atoms with Gasteiger partial charge in [0, 0.05) is 12.3 Å². The zero-order valence-corrected chi connectivity index (χ0v) is 16.4. The van der Waals surface area contributed by atoms with Crippen LogP contribution in [0.15, 0.2) is 59.5 Å². The molecule has 0 saturated carbocycles. The van der Waals surface area contributed by atoms with Gasteiger partial charge in [-0.15, -0.1) is 0 Å². The van der Waals surface area contributed by atoms with Crippen molar-refractivity contribution >= 4 is 26.9 Å². The van der Waals surface area contributed by atoms with Gasteiger partial charge in [-0.25, -0.2) is 8.42 Å². The van der Waals surface area contributed by atoms with E-state index in [0.29, 0.717) is 18.7 Å². The van der Waals surface area contributed by atoms with Crippen molar-refractivity contribution in [1.82, 2.24) is 4.31 Å². The first kappa shape index (κ1) is 19.1. The van der Waals surface area contributed by atoms with Crippen molar-refractivity contribution in [2.75, 3.05) is 12.3 Å². The van der Waals surface area contributed by atoms with Crippen molar-refractivity contribution in [2.24, 2.45) is 0 Å². The quantitative estimate of drug-likeness (QED) is 0.757. The SMILES string of the molecule is Cc1ccc(S(=O)(=O)N2CCCC2C(=O)SCCc2ccccc2)cc1. The van der Waals surface area contributed by atoms with Crippen LogP contribution in [0.2, 0.25) is 0 Å². The van der Waals surface area contributed by atoms with Crippen LogP contribution in [-0.2, 0) is 21.2 Å². The second-order valence-electron chi connectivity index (χ2n) is 6.49. The normalized spacial score (nSPS) is 18.1. The molecule has 1 fully saturated rings. The summed E-state index contributed by atoms with van der Waals surface area (Å²) in [5, 5.41) is -0.0471. The summed E-state index contributed by atoms with van der Waals surface area (Å²) < 4.78 is 27.2. The highest BCUT2D eigenvalue weighted by molar-refractivity contribution is 8.13. The predicted molar refractivity (Wildman–Crippen MR) is 106 cm³/mol. The summed E-state index contributed by atoms with van der Waals surface area (Å²) in [7, 11) is -3.63. The van der Waals surface area contributed by atoms with E-state index in [2.05, 4.69) is 0 Å². The van der Waals surface area contributed by atoms with E-state index in [1.807, 2.05) is 37.3 Å². The first-order chi connectivity index (χ1) is 12.5. The number of carbonyl (C=O) groups excluding carboxylic acids is 1. The predicted octanol–water partition coefficient (Wildman–Crippen LogP) is 3.65. The second-order valence-corrected chi connectivity index (χ2v) is 9.48. The first-order valence-electron chi connectivity index (χ1n) is 8.77. The Morgan fingerprint density at radius 2 is 1.81 bits per heavy atom. The number of hydrogen-bond donors (Lipinski definition) is 0. The minimum absolute atomic E-state index is 0.0471. The van der Waals surface area contributed by atoms with E-state index in [-0.39, 0.29) is 10.0 Å². The van der Waals surface area contributed by atoms with Crippen LogP contribution in [-0.4, -0.2) is 36.2 Å². The van der Waals surface area contributed by atoms with Crippen LogP contribution in [0.4, 0.5) is 0 Å². The van der Waals surface area contributed by atoms with Gasteiger partial charge in [-0.05, 0) is 43.9 Å². The zero-order chi connectivity index (χ0) is 18.6. The van der Waals surface area contributed by atoms with Gasteiger partial charge in [-0.2, -0.15) is 4.31 Å². The van der Waals surface area contributed by atoms with Crippen molar-refractivity contribution in [3.63, 3.8) is 0 Å². The number of thioether (sulfide) groups is 1. The number of aryl methyl sites for hydroxylation is 2. The average molecular weight is 390 g/mol. The molecule has 1 aliphatic rings. The lowest BCUT2D eigenvalue weighted by Crippen LogP contribution is -2.39. The van der Waals surface area contributed by atoms with E-state index in [1.165, 1.54) is 21.6 Å². The third-order valence-electron chi connectivity index (χ3n) is 4.58. The zero-order valence-electron chi connectivity index (χ0n) is 14.8. The van der Waals surface area contributed by atoms with E-state index in [0.717, 1.165) is 18.4 Å². The van der Waals surface area contributed by atoms with Gasteiger partial charge in [0.1, 0.15) is 0 Å². The van der Waals surface area contributed by atoms with Crippen molar-refractivity contribution in [1.29, 1.82) is 0 Å². The third-order valence-corrected chi connectivity index (χ3v) is 7.47. The van der Waals surface area contributed by atoms with Gasteiger partial charge in [0.15, 0.2) is 0 Å². The Morgan fingerprint density at radius 1 is 1.12 bits per heavy atom. The Bertz CT molecular complexity index is 848. The van der Waals surface area contributed by atoms with E-state index in [1.54, 1.807) is 24.3 Å². The van der Waals surface area contributed by atoms with Crippen LogP contribution in [0.5, 0.6) is 0 Å². The Hall–Kier alpha value is -1.63. The Kier molecular flexibility index (Phi) is 6.16. The lowest BCUT2D eigenvalue weighted by atomic mass is 10.2. The molecule has 0 radical (unpaired) electrons. The minimum atomic E-state index is -3.63. The fourth-order valence-corrected chi connectivity index (χ4v) is 5.82. The molecule has 1 atom stereocenters. The van der Waals surface area contributed by atoms with E-state index >= 15 is 0 Å². The van der Waals surface area contributed by atoms with Crippen molar-refractivity contribution in [3.8, 4) is 0 Å². The highest BCUT2D eigenvalue weighted by Crippen LogP contribution is 2.29. The number of benzene rings is 2. The van der Waals surface area contributed by atoms with Gasteiger partial charge < -0.3 is 0 Å². The molecule has 4 nitrogen and oxygen atoms in total. The average Bonchev–Trinajstić information content (AvgIpc) is 3.14. The molecular formula is C20H23NO3S2. The third kappa shape index (κ3) is 4.37. The maximum absolute atomic E-state index is 12.9. The van der Waals surface area contributed by atoms with Crippen LogP contribution in [0.3, 0.4) is 0 Å². The maximum atomic E-state index is 12.9. The molecule has 0 aliphatic carbocycles. The van der Waals surface area contributed by atoms with Gasteiger partial charge in [-0.3, -0.25) is 4.79 Å². The molecule has 0 amide bonds.